The summed E-state index contributed by atoms with van der Waals surface area (Å²) in [7, 11) is 1.30. The summed E-state index contributed by atoms with van der Waals surface area (Å²) in [5.41, 5.74) is 3.98. The van der Waals surface area contributed by atoms with Gasteiger partial charge in [0, 0.05) is 27.2 Å². The molecule has 1 heterocycles. The number of halogens is 2. The second-order valence-electron chi connectivity index (χ2n) is 6.95. The van der Waals surface area contributed by atoms with E-state index in [1.807, 2.05) is 36.6 Å². The molecular formula is C24H19BrClN3O3. The average Bonchev–Trinajstić information content (AvgIpc) is 3.04. The van der Waals surface area contributed by atoms with Crippen molar-refractivity contribution < 1.29 is 14.3 Å². The van der Waals surface area contributed by atoms with Gasteiger partial charge >= 0.3 is 5.97 Å². The van der Waals surface area contributed by atoms with Crippen LogP contribution in [0.2, 0.25) is 5.02 Å². The number of rotatable bonds is 5. The Morgan fingerprint density at radius 1 is 1.19 bits per heavy atom. The van der Waals surface area contributed by atoms with Gasteiger partial charge in [-0.25, -0.2) is 4.79 Å². The van der Waals surface area contributed by atoms with Crippen LogP contribution in [0.25, 0.3) is 11.8 Å². The molecular weight excluding hydrogens is 494 g/mol. The summed E-state index contributed by atoms with van der Waals surface area (Å²) >= 11 is 9.63. The number of benzene rings is 2. The molecule has 0 fully saturated rings. The number of ether oxygens (including phenoxy) is 1. The molecule has 0 aliphatic rings. The van der Waals surface area contributed by atoms with Crippen molar-refractivity contribution in [2.75, 3.05) is 12.4 Å². The van der Waals surface area contributed by atoms with E-state index < -0.39 is 11.9 Å². The van der Waals surface area contributed by atoms with Crippen LogP contribution in [0.3, 0.4) is 0 Å². The normalized spacial score (nSPS) is 11.1. The number of nitriles is 1. The van der Waals surface area contributed by atoms with Gasteiger partial charge in [0.05, 0.1) is 17.7 Å². The SMILES string of the molecule is COC(=O)c1ccc(-n2c(C)cc(/C=C(/C#N)C(=O)Nc3cccc(Br)c3)c2C)cc1Cl. The number of hydrogen-bond donors (Lipinski definition) is 1. The Labute approximate surface area is 199 Å². The zero-order valence-corrected chi connectivity index (χ0v) is 19.9. The summed E-state index contributed by atoms with van der Waals surface area (Å²) in [4.78, 5) is 24.4. The molecule has 2 aromatic carbocycles. The molecule has 0 radical (unpaired) electrons. The minimum absolute atomic E-state index is 0.0238. The maximum Gasteiger partial charge on any atom is 0.339 e. The van der Waals surface area contributed by atoms with E-state index in [1.54, 1.807) is 42.5 Å². The van der Waals surface area contributed by atoms with Gasteiger partial charge in [0.15, 0.2) is 0 Å². The van der Waals surface area contributed by atoms with Gasteiger partial charge in [-0.15, -0.1) is 0 Å². The Hall–Kier alpha value is -3.34. The maximum absolute atomic E-state index is 12.6. The van der Waals surface area contributed by atoms with Crippen LogP contribution >= 0.6 is 27.5 Å². The average molecular weight is 513 g/mol. The quantitative estimate of drug-likeness (QED) is 0.264. The molecule has 32 heavy (non-hydrogen) atoms. The number of aryl methyl sites for hydroxylation is 1. The Morgan fingerprint density at radius 3 is 2.56 bits per heavy atom. The molecule has 1 amide bonds. The minimum Gasteiger partial charge on any atom is -0.465 e. The fourth-order valence-electron chi connectivity index (χ4n) is 3.32. The topological polar surface area (TPSA) is 84.1 Å². The van der Waals surface area contributed by atoms with E-state index in [2.05, 4.69) is 21.2 Å². The Bertz CT molecular complexity index is 1290. The molecule has 0 saturated heterocycles. The summed E-state index contributed by atoms with van der Waals surface area (Å²) in [6, 6.07) is 16.0. The molecule has 0 atom stereocenters. The number of nitrogens with zero attached hydrogens (tertiary/aromatic N) is 2. The molecule has 6 nitrogen and oxygen atoms in total. The predicted molar refractivity (Wildman–Crippen MR) is 128 cm³/mol. The number of amides is 1. The van der Waals surface area contributed by atoms with Crippen LogP contribution < -0.4 is 5.32 Å². The minimum atomic E-state index is -0.513. The Balaban J connectivity index is 1.95. The monoisotopic (exact) mass is 511 g/mol. The number of aromatic nitrogens is 1. The number of hydrogen-bond acceptors (Lipinski definition) is 4. The van der Waals surface area contributed by atoms with Crippen molar-refractivity contribution in [3.8, 4) is 11.8 Å². The fourth-order valence-corrected chi connectivity index (χ4v) is 3.97. The lowest BCUT2D eigenvalue weighted by Crippen LogP contribution is -2.13. The zero-order chi connectivity index (χ0) is 23.4. The maximum atomic E-state index is 12.6. The number of carbonyl (C=O) groups excluding carboxylic acids is 2. The van der Waals surface area contributed by atoms with Crippen molar-refractivity contribution >= 4 is 51.2 Å². The first-order valence-electron chi connectivity index (χ1n) is 9.51. The number of esters is 1. The van der Waals surface area contributed by atoms with E-state index in [0.717, 1.165) is 27.1 Å². The van der Waals surface area contributed by atoms with Crippen LogP contribution in [0.4, 0.5) is 5.69 Å². The van der Waals surface area contributed by atoms with Crippen LogP contribution in [0.15, 0.2) is 58.6 Å². The fraction of sp³-hybridized carbons (Fsp3) is 0.125. The summed E-state index contributed by atoms with van der Waals surface area (Å²) in [6.07, 6.45) is 1.55. The van der Waals surface area contributed by atoms with Crippen molar-refractivity contribution in [2.24, 2.45) is 0 Å². The van der Waals surface area contributed by atoms with Crippen molar-refractivity contribution in [3.05, 3.63) is 86.1 Å². The van der Waals surface area contributed by atoms with Gasteiger partial charge in [-0.3, -0.25) is 4.79 Å². The van der Waals surface area contributed by atoms with Gasteiger partial charge in [0.2, 0.25) is 0 Å². The molecule has 0 spiro atoms. The molecule has 8 heteroatoms. The number of nitrogens with one attached hydrogen (secondary N) is 1. The lowest BCUT2D eigenvalue weighted by molar-refractivity contribution is -0.112. The van der Waals surface area contributed by atoms with Gasteiger partial charge in [-0.05, 0) is 68.0 Å². The molecule has 162 valence electrons. The van der Waals surface area contributed by atoms with Crippen molar-refractivity contribution in [1.82, 2.24) is 4.57 Å². The Morgan fingerprint density at radius 2 is 1.94 bits per heavy atom. The largest absolute Gasteiger partial charge is 0.465 e. The third-order valence-corrected chi connectivity index (χ3v) is 5.64. The van der Waals surface area contributed by atoms with Crippen molar-refractivity contribution in [3.63, 3.8) is 0 Å². The van der Waals surface area contributed by atoms with Crippen LogP contribution in [-0.2, 0) is 9.53 Å². The molecule has 0 aliphatic carbocycles. The second-order valence-corrected chi connectivity index (χ2v) is 8.27. The molecule has 1 aromatic heterocycles. The molecule has 3 rings (SSSR count). The highest BCUT2D eigenvalue weighted by Crippen LogP contribution is 2.27. The van der Waals surface area contributed by atoms with Gasteiger partial charge in [-0.2, -0.15) is 5.26 Å². The van der Waals surface area contributed by atoms with Gasteiger partial charge in [-0.1, -0.05) is 33.6 Å². The molecule has 0 saturated carbocycles. The summed E-state index contributed by atoms with van der Waals surface area (Å²) in [5.74, 6) is -1.01. The van der Waals surface area contributed by atoms with Crippen LogP contribution in [-0.4, -0.2) is 23.6 Å². The summed E-state index contributed by atoms with van der Waals surface area (Å²) in [5, 5.41) is 12.6. The Kier molecular flexibility index (Phi) is 7.18. The molecule has 1 N–H and O–H groups in total. The second kappa shape index (κ2) is 9.86. The predicted octanol–water partition coefficient (Wildman–Crippen LogP) is 5.84. The van der Waals surface area contributed by atoms with E-state index in [4.69, 9.17) is 16.3 Å². The first kappa shape index (κ1) is 23.3. The van der Waals surface area contributed by atoms with E-state index >= 15 is 0 Å². The highest BCUT2D eigenvalue weighted by molar-refractivity contribution is 9.10. The third-order valence-electron chi connectivity index (χ3n) is 4.83. The number of carbonyl (C=O) groups is 2. The summed E-state index contributed by atoms with van der Waals surface area (Å²) < 4.78 is 7.48. The zero-order valence-electron chi connectivity index (χ0n) is 17.6. The van der Waals surface area contributed by atoms with E-state index in [1.165, 1.54) is 7.11 Å². The lowest BCUT2D eigenvalue weighted by atomic mass is 10.1. The third kappa shape index (κ3) is 4.93. The van der Waals surface area contributed by atoms with E-state index in [0.29, 0.717) is 5.69 Å². The smallest absolute Gasteiger partial charge is 0.339 e. The number of anilines is 1. The van der Waals surface area contributed by atoms with Gasteiger partial charge < -0.3 is 14.6 Å². The molecule has 0 bridgehead atoms. The highest BCUT2D eigenvalue weighted by atomic mass is 79.9. The van der Waals surface area contributed by atoms with Crippen LogP contribution in [0.5, 0.6) is 0 Å². The molecule has 0 unspecified atom stereocenters. The van der Waals surface area contributed by atoms with Gasteiger partial charge in [0.25, 0.3) is 5.91 Å². The number of methoxy groups -OCH3 is 1. The van der Waals surface area contributed by atoms with Crippen LogP contribution in [0, 0.1) is 25.2 Å². The molecule has 3 aromatic rings. The van der Waals surface area contributed by atoms with E-state index in [9.17, 15) is 14.9 Å². The molecule has 0 aliphatic heterocycles. The lowest BCUT2D eigenvalue weighted by Gasteiger charge is -2.12. The van der Waals surface area contributed by atoms with Gasteiger partial charge in [0.1, 0.15) is 11.6 Å². The first-order chi connectivity index (χ1) is 15.2. The van der Waals surface area contributed by atoms with E-state index in [-0.39, 0.29) is 16.2 Å². The van der Waals surface area contributed by atoms with Crippen molar-refractivity contribution in [2.45, 2.75) is 13.8 Å². The summed E-state index contributed by atoms with van der Waals surface area (Å²) in [6.45, 7) is 3.78. The first-order valence-corrected chi connectivity index (χ1v) is 10.7. The van der Waals surface area contributed by atoms with Crippen LogP contribution in [0.1, 0.15) is 27.3 Å². The highest BCUT2D eigenvalue weighted by Gasteiger charge is 2.16. The van der Waals surface area contributed by atoms with Crippen molar-refractivity contribution in [1.29, 1.82) is 5.26 Å². The standard InChI is InChI=1S/C24H19BrClN3O3/c1-14-9-16(10-17(13-27)23(30)28-19-6-4-5-18(25)11-19)15(2)29(14)20-7-8-21(22(26)12-20)24(31)32-3/h4-12H,1-3H3,(H,28,30)/b17-10-.